The fourth-order valence-corrected chi connectivity index (χ4v) is 5.51. The van der Waals surface area contributed by atoms with E-state index < -0.39 is 31.7 Å². The van der Waals surface area contributed by atoms with Crippen LogP contribution >= 0.6 is 0 Å². The van der Waals surface area contributed by atoms with Gasteiger partial charge >= 0.3 is 6.18 Å². The fraction of sp³-hybridized carbons (Fsp3) is 0.500. The Labute approximate surface area is 156 Å². The SMILES string of the molecule is CCO[C@H]1CC[C@H](S(=O)(=O)c2ccc(-c3cnn(C)c3)cc2C(F)(F)F)C1. The molecule has 0 N–H and O–H groups in total. The van der Waals surface area contributed by atoms with E-state index in [0.717, 1.165) is 12.1 Å². The second-order valence-electron chi connectivity index (χ2n) is 6.67. The van der Waals surface area contributed by atoms with Crippen molar-refractivity contribution >= 4 is 9.84 Å². The van der Waals surface area contributed by atoms with E-state index in [1.807, 2.05) is 0 Å². The summed E-state index contributed by atoms with van der Waals surface area (Å²) >= 11 is 0. The summed E-state index contributed by atoms with van der Waals surface area (Å²) < 4.78 is 73.7. The minimum absolute atomic E-state index is 0.220. The Balaban J connectivity index is 2.02. The van der Waals surface area contributed by atoms with E-state index in [1.165, 1.54) is 16.9 Å². The Morgan fingerprint density at radius 3 is 2.59 bits per heavy atom. The number of rotatable bonds is 5. The van der Waals surface area contributed by atoms with E-state index in [4.69, 9.17) is 4.74 Å². The third kappa shape index (κ3) is 4.03. The van der Waals surface area contributed by atoms with Gasteiger partial charge in [-0.3, -0.25) is 4.68 Å². The van der Waals surface area contributed by atoms with Crippen LogP contribution in [0.3, 0.4) is 0 Å². The maximum atomic E-state index is 13.7. The normalized spacial score (nSPS) is 20.9. The van der Waals surface area contributed by atoms with Gasteiger partial charge in [0, 0.05) is 25.4 Å². The van der Waals surface area contributed by atoms with Crippen molar-refractivity contribution in [3.63, 3.8) is 0 Å². The van der Waals surface area contributed by atoms with Crippen LogP contribution in [0.4, 0.5) is 13.2 Å². The maximum Gasteiger partial charge on any atom is 0.417 e. The molecule has 0 bridgehead atoms. The van der Waals surface area contributed by atoms with Gasteiger partial charge in [0.1, 0.15) is 0 Å². The van der Waals surface area contributed by atoms with Gasteiger partial charge in [0.2, 0.25) is 0 Å². The van der Waals surface area contributed by atoms with E-state index in [1.54, 1.807) is 20.2 Å². The average molecular weight is 402 g/mol. The first kappa shape index (κ1) is 19.9. The van der Waals surface area contributed by atoms with Gasteiger partial charge in [-0.25, -0.2) is 8.42 Å². The van der Waals surface area contributed by atoms with E-state index in [0.29, 0.717) is 25.0 Å². The first-order valence-electron chi connectivity index (χ1n) is 8.68. The molecule has 0 saturated heterocycles. The molecule has 0 aliphatic heterocycles. The van der Waals surface area contributed by atoms with Crippen LogP contribution < -0.4 is 0 Å². The molecular weight excluding hydrogens is 381 g/mol. The summed E-state index contributed by atoms with van der Waals surface area (Å²) in [5.41, 5.74) is -0.374. The molecule has 148 valence electrons. The van der Waals surface area contributed by atoms with Gasteiger partial charge in [0.05, 0.1) is 28.0 Å². The van der Waals surface area contributed by atoms with Gasteiger partial charge in [-0.2, -0.15) is 18.3 Å². The van der Waals surface area contributed by atoms with E-state index in [9.17, 15) is 21.6 Å². The van der Waals surface area contributed by atoms with Crippen molar-refractivity contribution in [2.75, 3.05) is 6.61 Å². The van der Waals surface area contributed by atoms with Crippen LogP contribution in [-0.2, 0) is 27.8 Å². The number of aryl methyl sites for hydroxylation is 1. The Morgan fingerprint density at radius 1 is 1.26 bits per heavy atom. The molecule has 1 aromatic heterocycles. The number of alkyl halides is 3. The van der Waals surface area contributed by atoms with Crippen LogP contribution in [-0.4, -0.2) is 36.2 Å². The third-order valence-electron chi connectivity index (χ3n) is 4.81. The molecule has 1 fully saturated rings. The number of nitrogens with zero attached hydrogens (tertiary/aromatic N) is 2. The number of halogens is 3. The van der Waals surface area contributed by atoms with Crippen LogP contribution in [0.1, 0.15) is 31.7 Å². The van der Waals surface area contributed by atoms with Gasteiger partial charge < -0.3 is 4.74 Å². The number of aromatic nitrogens is 2. The molecule has 1 aliphatic carbocycles. The molecule has 3 rings (SSSR count). The summed E-state index contributed by atoms with van der Waals surface area (Å²) in [6, 6.07) is 3.35. The predicted molar refractivity (Wildman–Crippen MR) is 93.9 cm³/mol. The third-order valence-corrected chi connectivity index (χ3v) is 7.08. The summed E-state index contributed by atoms with van der Waals surface area (Å²) in [6.07, 6.45) is -0.933. The molecule has 9 heteroatoms. The van der Waals surface area contributed by atoms with Gasteiger partial charge in [-0.1, -0.05) is 6.07 Å². The van der Waals surface area contributed by atoms with Crippen molar-refractivity contribution < 1.29 is 26.3 Å². The zero-order valence-corrected chi connectivity index (χ0v) is 15.8. The highest BCUT2D eigenvalue weighted by Crippen LogP contribution is 2.40. The van der Waals surface area contributed by atoms with Crippen molar-refractivity contribution in [3.05, 3.63) is 36.2 Å². The largest absolute Gasteiger partial charge is 0.417 e. The monoisotopic (exact) mass is 402 g/mol. The van der Waals surface area contributed by atoms with Crippen LogP contribution in [0.15, 0.2) is 35.5 Å². The summed E-state index contributed by atoms with van der Waals surface area (Å²) in [7, 11) is -2.46. The quantitative estimate of drug-likeness (QED) is 0.763. The lowest BCUT2D eigenvalue weighted by Gasteiger charge is -2.18. The zero-order valence-electron chi connectivity index (χ0n) is 15.0. The number of hydrogen-bond donors (Lipinski definition) is 0. The minimum Gasteiger partial charge on any atom is -0.378 e. The molecule has 1 aliphatic rings. The van der Waals surface area contributed by atoms with Crippen molar-refractivity contribution in [1.82, 2.24) is 9.78 Å². The second-order valence-corrected chi connectivity index (χ2v) is 8.87. The molecule has 0 amide bonds. The highest BCUT2D eigenvalue weighted by atomic mass is 32.2. The summed E-state index contributed by atoms with van der Waals surface area (Å²) in [5.74, 6) is 0. The molecule has 0 radical (unpaired) electrons. The highest BCUT2D eigenvalue weighted by Gasteiger charge is 2.42. The van der Waals surface area contributed by atoms with E-state index in [2.05, 4.69) is 5.10 Å². The lowest BCUT2D eigenvalue weighted by molar-refractivity contribution is -0.139. The molecule has 5 nitrogen and oxygen atoms in total. The minimum atomic E-state index is -4.78. The molecule has 1 aromatic carbocycles. The Kier molecular flexibility index (Phi) is 5.36. The number of ether oxygens (including phenoxy) is 1. The van der Waals surface area contributed by atoms with Crippen LogP contribution in [0.5, 0.6) is 0 Å². The smallest absolute Gasteiger partial charge is 0.378 e. The molecule has 0 spiro atoms. The Hall–Kier alpha value is -1.87. The Morgan fingerprint density at radius 2 is 2.00 bits per heavy atom. The van der Waals surface area contributed by atoms with Crippen molar-refractivity contribution in [2.24, 2.45) is 7.05 Å². The number of sulfone groups is 1. The predicted octanol–water partition coefficient (Wildman–Crippen LogP) is 3.84. The average Bonchev–Trinajstić information content (AvgIpc) is 3.23. The number of hydrogen-bond acceptors (Lipinski definition) is 4. The summed E-state index contributed by atoms with van der Waals surface area (Å²) in [6.45, 7) is 2.26. The van der Waals surface area contributed by atoms with Gasteiger partial charge in [-0.05, 0) is 43.9 Å². The second kappa shape index (κ2) is 7.27. The van der Waals surface area contributed by atoms with E-state index >= 15 is 0 Å². The van der Waals surface area contributed by atoms with Crippen molar-refractivity contribution in [1.29, 1.82) is 0 Å². The zero-order chi connectivity index (χ0) is 19.8. The fourth-order valence-electron chi connectivity index (χ4n) is 3.50. The molecule has 2 aromatic rings. The van der Waals surface area contributed by atoms with Crippen molar-refractivity contribution in [2.45, 2.75) is 48.6 Å². The lowest BCUT2D eigenvalue weighted by atomic mass is 10.1. The van der Waals surface area contributed by atoms with Gasteiger partial charge in [-0.15, -0.1) is 0 Å². The maximum absolute atomic E-state index is 13.7. The molecule has 1 heterocycles. The van der Waals surface area contributed by atoms with Crippen LogP contribution in [0, 0.1) is 0 Å². The topological polar surface area (TPSA) is 61.2 Å². The summed E-state index contributed by atoms with van der Waals surface area (Å²) in [5, 5.41) is 3.09. The van der Waals surface area contributed by atoms with E-state index in [-0.39, 0.29) is 18.1 Å². The molecule has 27 heavy (non-hydrogen) atoms. The van der Waals surface area contributed by atoms with Crippen LogP contribution in [0.2, 0.25) is 0 Å². The highest BCUT2D eigenvalue weighted by molar-refractivity contribution is 7.92. The molecular formula is C18H21F3N2O3S. The summed E-state index contributed by atoms with van der Waals surface area (Å²) in [4.78, 5) is -0.662. The first-order valence-corrected chi connectivity index (χ1v) is 10.2. The molecule has 2 atom stereocenters. The molecule has 0 unspecified atom stereocenters. The van der Waals surface area contributed by atoms with Gasteiger partial charge in [0.25, 0.3) is 0 Å². The van der Waals surface area contributed by atoms with Crippen molar-refractivity contribution in [3.8, 4) is 11.1 Å². The lowest BCUT2D eigenvalue weighted by Crippen LogP contribution is -2.23. The number of benzene rings is 1. The van der Waals surface area contributed by atoms with Crippen LogP contribution in [0.25, 0.3) is 11.1 Å². The first-order chi connectivity index (χ1) is 12.6. The van der Waals surface area contributed by atoms with Gasteiger partial charge in [0.15, 0.2) is 9.84 Å². The Bertz CT molecular complexity index is 922. The molecule has 1 saturated carbocycles. The standard InChI is InChI=1S/C18H21F3N2O3S/c1-3-26-14-5-6-15(9-14)27(24,25)17-7-4-12(8-16(17)18(19,20)21)13-10-22-23(2)11-13/h4,7-8,10-11,14-15H,3,5-6,9H2,1-2H3/t14-,15-/m0/s1.